The first-order chi connectivity index (χ1) is 16.6. The fourth-order valence-electron chi connectivity index (χ4n) is 2.91. The van der Waals surface area contributed by atoms with E-state index in [1.54, 1.807) is 48.5 Å². The Labute approximate surface area is 223 Å². The van der Waals surface area contributed by atoms with E-state index in [0.717, 1.165) is 0 Å². The molecule has 4 N–H and O–H groups in total. The Morgan fingerprint density at radius 3 is 1.00 bits per heavy atom. The fraction of sp³-hybridized carbons (Fsp3) is 0. The van der Waals surface area contributed by atoms with Crippen LogP contribution in [0.25, 0.3) is 12.2 Å². The van der Waals surface area contributed by atoms with E-state index in [4.69, 9.17) is 0 Å². The molecule has 0 aliphatic heterocycles. The second kappa shape index (κ2) is 14.4. The van der Waals surface area contributed by atoms with Gasteiger partial charge in [-0.3, -0.25) is 0 Å². The van der Waals surface area contributed by atoms with Crippen molar-refractivity contribution in [2.45, 2.75) is 0 Å². The van der Waals surface area contributed by atoms with Gasteiger partial charge in [0.15, 0.2) is 11.5 Å². The van der Waals surface area contributed by atoms with Crippen LogP contribution >= 0.6 is 0 Å². The Hall–Kier alpha value is -3.82. The quantitative estimate of drug-likeness (QED) is 0.149. The van der Waals surface area contributed by atoms with E-state index in [9.17, 15) is 20.4 Å². The van der Waals surface area contributed by atoms with Gasteiger partial charge < -0.3 is 20.4 Å². The van der Waals surface area contributed by atoms with Gasteiger partial charge in [-0.2, -0.15) is 48.6 Å². The molecule has 0 bridgehead atoms. The maximum atomic E-state index is 10.2. The number of phenolic OH excluding ortho intramolecular Hbond substituents is 4. The third-order valence-corrected chi connectivity index (χ3v) is 4.59. The summed E-state index contributed by atoms with van der Waals surface area (Å²) in [6.07, 6.45) is 5.85. The van der Waals surface area contributed by atoms with Crippen molar-refractivity contribution in [2.75, 3.05) is 0 Å². The monoisotopic (exact) mass is 538 g/mol. The predicted octanol–water partition coefficient (Wildman–Crippen LogP) is 4.73. The van der Waals surface area contributed by atoms with E-state index in [-0.39, 0.29) is 36.6 Å². The normalized spacial score (nSPS) is 10.9. The smallest absolute Gasteiger partial charge is 0.546 e. The Balaban J connectivity index is 0.000000324. The van der Waals surface area contributed by atoms with Crippen molar-refractivity contribution in [1.29, 1.82) is 0 Å². The van der Waals surface area contributed by atoms with Crippen LogP contribution in [0.2, 0.25) is 0 Å². The van der Waals surface area contributed by atoms with Crippen molar-refractivity contribution in [3.05, 3.63) is 143 Å². The molecule has 0 saturated heterocycles. The first-order valence-electron chi connectivity index (χ1n) is 10.5. The number of benzene rings is 3. The van der Waals surface area contributed by atoms with Crippen molar-refractivity contribution >= 4 is 12.2 Å². The van der Waals surface area contributed by atoms with Crippen LogP contribution in [-0.4, -0.2) is 20.4 Å². The zero-order valence-electron chi connectivity index (χ0n) is 18.8. The van der Waals surface area contributed by atoms with Crippen molar-refractivity contribution in [3.8, 4) is 23.0 Å². The third kappa shape index (κ3) is 8.17. The number of rotatable bonds is 2. The molecule has 0 spiro atoms. The van der Waals surface area contributed by atoms with Crippen LogP contribution in [0.1, 0.15) is 11.1 Å². The summed E-state index contributed by atoms with van der Waals surface area (Å²) in [6.45, 7) is 0. The molecule has 5 aromatic rings. The summed E-state index contributed by atoms with van der Waals surface area (Å²) in [5, 5.41) is 40.1. The van der Waals surface area contributed by atoms with Gasteiger partial charge in [0, 0.05) is 0 Å². The minimum absolute atomic E-state index is 0. The van der Waals surface area contributed by atoms with Crippen molar-refractivity contribution < 1.29 is 46.6 Å². The molecule has 5 rings (SSSR count). The molecule has 5 aromatic carbocycles. The summed E-state index contributed by atoms with van der Waals surface area (Å²) in [5.74, 6) is -2.76. The molecule has 5 heteroatoms. The molecule has 0 unspecified atom stereocenters. The maximum absolute atomic E-state index is 10.2. The van der Waals surface area contributed by atoms with E-state index in [1.807, 2.05) is 72.8 Å². The molecule has 0 atom stereocenters. The van der Waals surface area contributed by atoms with Gasteiger partial charge in [-0.1, -0.05) is 36.4 Å². The number of aromatic hydroxyl groups is 4. The van der Waals surface area contributed by atoms with Crippen LogP contribution < -0.4 is 10.4 Å². The Kier molecular flexibility index (Phi) is 11.3. The van der Waals surface area contributed by atoms with Crippen molar-refractivity contribution in [1.82, 2.24) is 0 Å². The Bertz CT molecular complexity index is 1220. The molecule has 0 aliphatic rings. The molecule has 0 aromatic heterocycles. The standard InChI is InChI=1S/C20H14O4.2C5H5.Zr/c21-17-15(11-13-7-3-1-4-8-13)16(18(22)20(24)19(17)23)12-14-9-5-2-6-10-14;2*1-2-4-5-3-1;/h1-10,21-24H;2*1-5H;/q-2;2*-1;+4. The van der Waals surface area contributed by atoms with Gasteiger partial charge in [-0.25, -0.2) is 24.3 Å². The van der Waals surface area contributed by atoms with Gasteiger partial charge >= 0.3 is 26.2 Å². The van der Waals surface area contributed by atoms with Crippen molar-refractivity contribution in [2.24, 2.45) is 0 Å². The topological polar surface area (TPSA) is 80.9 Å². The van der Waals surface area contributed by atoms with Crippen LogP contribution in [0, 0.1) is 0 Å². The van der Waals surface area contributed by atoms with Crippen molar-refractivity contribution in [3.63, 3.8) is 0 Å². The van der Waals surface area contributed by atoms with Gasteiger partial charge in [0.2, 0.25) is 0 Å². The summed E-state index contributed by atoms with van der Waals surface area (Å²) >= 11 is 0. The van der Waals surface area contributed by atoms with Crippen LogP contribution in [0.4, 0.5) is 0 Å². The summed E-state index contributed by atoms with van der Waals surface area (Å²) in [6, 6.07) is 37.9. The molecule has 35 heavy (non-hydrogen) atoms. The summed E-state index contributed by atoms with van der Waals surface area (Å²) in [4.78, 5) is 0. The number of hydrogen-bond acceptors (Lipinski definition) is 4. The van der Waals surface area contributed by atoms with Gasteiger partial charge in [0.25, 0.3) is 0 Å². The van der Waals surface area contributed by atoms with Gasteiger partial charge in [0.1, 0.15) is 0 Å². The van der Waals surface area contributed by atoms with E-state index in [0.29, 0.717) is 11.1 Å². The zero-order chi connectivity index (χ0) is 24.2. The zero-order valence-corrected chi connectivity index (χ0v) is 21.3. The van der Waals surface area contributed by atoms with Crippen LogP contribution in [0.3, 0.4) is 0 Å². The van der Waals surface area contributed by atoms with Crippen LogP contribution in [-0.2, 0) is 26.2 Å². The predicted molar refractivity (Wildman–Crippen MR) is 134 cm³/mol. The van der Waals surface area contributed by atoms with Crippen LogP contribution in [0.5, 0.6) is 23.0 Å². The molecule has 0 heterocycles. The average Bonchev–Trinajstić information content (AvgIpc) is 3.64. The van der Waals surface area contributed by atoms with Gasteiger partial charge in [-0.05, 0) is 0 Å². The van der Waals surface area contributed by atoms with Gasteiger partial charge in [-0.15, -0.1) is 45.8 Å². The molecule has 172 valence electrons. The van der Waals surface area contributed by atoms with E-state index < -0.39 is 23.0 Å². The summed E-state index contributed by atoms with van der Waals surface area (Å²) < 4.78 is 0. The maximum Gasteiger partial charge on any atom is 4.00 e. The second-order valence-electron chi connectivity index (χ2n) is 7.05. The number of hydrogen-bond donors (Lipinski definition) is 4. The van der Waals surface area contributed by atoms with E-state index in [2.05, 4.69) is 12.2 Å². The molecular formula is C30H24O4Zr. The third-order valence-electron chi connectivity index (χ3n) is 4.59. The first kappa shape index (κ1) is 27.4. The first-order valence-corrected chi connectivity index (χ1v) is 10.5. The second-order valence-corrected chi connectivity index (χ2v) is 7.05. The molecule has 0 radical (unpaired) electrons. The Morgan fingerprint density at radius 1 is 0.429 bits per heavy atom. The van der Waals surface area contributed by atoms with Crippen LogP contribution in [0.15, 0.2) is 121 Å². The molecule has 0 amide bonds. The minimum atomic E-state index is -0.801. The van der Waals surface area contributed by atoms with E-state index in [1.165, 1.54) is 0 Å². The molecule has 0 aliphatic carbocycles. The minimum Gasteiger partial charge on any atom is -0.546 e. The largest absolute Gasteiger partial charge is 4.00 e. The molecule has 4 nitrogen and oxygen atoms in total. The summed E-state index contributed by atoms with van der Waals surface area (Å²) in [7, 11) is 0. The molecule has 0 saturated carbocycles. The summed E-state index contributed by atoms with van der Waals surface area (Å²) in [5.41, 5.74) is 1.27. The Morgan fingerprint density at radius 2 is 0.743 bits per heavy atom. The number of phenols is 4. The average molecular weight is 540 g/mol. The van der Waals surface area contributed by atoms with E-state index >= 15 is 0 Å². The fourth-order valence-corrected chi connectivity index (χ4v) is 2.91. The molecular weight excluding hydrogens is 516 g/mol. The SMILES string of the molecule is Oc1c(O)c(O)c(=[C-]c2ccccc2)c(=[C-]c2ccccc2)c1O.[Zr+4].c1cc[cH-]c1.c1cc[cH-]c1. The molecule has 0 fully saturated rings. The van der Waals surface area contributed by atoms with Gasteiger partial charge in [0.05, 0.1) is 11.5 Å².